The predicted molar refractivity (Wildman–Crippen MR) is 109 cm³/mol. The van der Waals surface area contributed by atoms with Gasteiger partial charge in [0, 0.05) is 0 Å². The molecule has 0 aliphatic rings. The quantitative estimate of drug-likeness (QED) is 0.385. The molecule has 0 saturated carbocycles. The second-order valence-corrected chi connectivity index (χ2v) is 6.21. The fourth-order valence-electron chi connectivity index (χ4n) is 2.89. The molecule has 6 nitrogen and oxygen atoms in total. The summed E-state index contributed by atoms with van der Waals surface area (Å²) in [5, 5.41) is 0. The summed E-state index contributed by atoms with van der Waals surface area (Å²) in [7, 11) is 4.57. The Hall–Kier alpha value is -2.83. The summed E-state index contributed by atoms with van der Waals surface area (Å²) in [4.78, 5) is 11.5. The maximum atomic E-state index is 11.5. The Morgan fingerprint density at radius 1 is 1.07 bits per heavy atom. The Kier molecular flexibility index (Phi) is 8.04. The fraction of sp³-hybridized carbons (Fsp3) is 0.318. The summed E-state index contributed by atoms with van der Waals surface area (Å²) in [6, 6.07) is 10.9. The van der Waals surface area contributed by atoms with Gasteiger partial charge in [-0.15, -0.1) is 6.58 Å². The zero-order valence-corrected chi connectivity index (χ0v) is 16.6. The van der Waals surface area contributed by atoms with Crippen molar-refractivity contribution in [2.24, 2.45) is 5.73 Å². The molecular weight excluding hydrogens is 358 g/mol. The number of hydrogen-bond donors (Lipinski definition) is 1. The molecule has 0 fully saturated rings. The molecule has 2 aromatic rings. The normalized spacial score (nSPS) is 11.6. The summed E-state index contributed by atoms with van der Waals surface area (Å²) in [5.74, 6) is 0.952. The number of rotatable bonds is 10. The molecule has 2 rings (SSSR count). The van der Waals surface area contributed by atoms with E-state index in [1.165, 1.54) is 7.11 Å². The zero-order valence-electron chi connectivity index (χ0n) is 16.6. The minimum absolute atomic E-state index is 0.404. The standard InChI is InChI=1S/C22H27NO5/c1-5-10-28-14-16-12-19(25-2)21(20(13-16)26-3)17-8-6-15(7-9-17)11-18(23)22(24)27-4/h5-9,12-13,18H,1,10-11,14,23H2,2-4H3. The molecule has 2 N–H and O–H groups in total. The molecule has 0 aromatic heterocycles. The van der Waals surface area contributed by atoms with E-state index in [4.69, 9.17) is 19.9 Å². The van der Waals surface area contributed by atoms with Crippen LogP contribution in [0, 0.1) is 0 Å². The van der Waals surface area contributed by atoms with Crippen LogP contribution >= 0.6 is 0 Å². The predicted octanol–water partition coefficient (Wildman–Crippen LogP) is 3.12. The van der Waals surface area contributed by atoms with Crippen molar-refractivity contribution >= 4 is 5.97 Å². The Balaban J connectivity index is 2.30. The van der Waals surface area contributed by atoms with Gasteiger partial charge >= 0.3 is 5.97 Å². The molecule has 0 saturated heterocycles. The number of carbonyl (C=O) groups excluding carboxylic acids is 1. The highest BCUT2D eigenvalue weighted by Gasteiger charge is 2.17. The van der Waals surface area contributed by atoms with Crippen molar-refractivity contribution in [2.45, 2.75) is 19.1 Å². The van der Waals surface area contributed by atoms with Gasteiger partial charge < -0.3 is 24.7 Å². The third-order valence-electron chi connectivity index (χ3n) is 4.27. The van der Waals surface area contributed by atoms with Gasteiger partial charge in [-0.25, -0.2) is 0 Å². The zero-order chi connectivity index (χ0) is 20.5. The van der Waals surface area contributed by atoms with Crippen LogP contribution in [0.5, 0.6) is 11.5 Å². The molecule has 0 aliphatic heterocycles. The topological polar surface area (TPSA) is 80.0 Å². The fourth-order valence-corrected chi connectivity index (χ4v) is 2.89. The van der Waals surface area contributed by atoms with Crippen LogP contribution in [0.4, 0.5) is 0 Å². The van der Waals surface area contributed by atoms with E-state index in [-0.39, 0.29) is 0 Å². The Labute approximate surface area is 165 Å². The van der Waals surface area contributed by atoms with Crippen molar-refractivity contribution in [1.82, 2.24) is 0 Å². The molecule has 2 aromatic carbocycles. The molecule has 0 amide bonds. The van der Waals surface area contributed by atoms with Crippen LogP contribution in [0.15, 0.2) is 49.1 Å². The molecule has 150 valence electrons. The molecule has 6 heteroatoms. The number of benzene rings is 2. The molecule has 0 bridgehead atoms. The lowest BCUT2D eigenvalue weighted by Crippen LogP contribution is -2.33. The largest absolute Gasteiger partial charge is 0.496 e. The van der Waals surface area contributed by atoms with Crippen molar-refractivity contribution in [3.05, 3.63) is 60.2 Å². The first-order valence-electron chi connectivity index (χ1n) is 8.90. The Morgan fingerprint density at radius 2 is 1.68 bits per heavy atom. The molecule has 0 heterocycles. The number of methoxy groups -OCH3 is 3. The van der Waals surface area contributed by atoms with E-state index in [0.29, 0.717) is 31.1 Å². The van der Waals surface area contributed by atoms with Crippen LogP contribution < -0.4 is 15.2 Å². The number of ether oxygens (including phenoxy) is 4. The van der Waals surface area contributed by atoms with E-state index >= 15 is 0 Å². The number of carbonyl (C=O) groups is 1. The van der Waals surface area contributed by atoms with Gasteiger partial charge in [0.05, 0.1) is 40.1 Å². The first-order valence-corrected chi connectivity index (χ1v) is 8.90. The highest BCUT2D eigenvalue weighted by molar-refractivity contribution is 5.78. The molecular formula is C22H27NO5. The maximum absolute atomic E-state index is 11.5. The van der Waals surface area contributed by atoms with Crippen LogP contribution in [0.25, 0.3) is 11.1 Å². The second kappa shape index (κ2) is 10.5. The van der Waals surface area contributed by atoms with E-state index in [2.05, 4.69) is 11.3 Å². The van der Waals surface area contributed by atoms with Crippen molar-refractivity contribution in [3.63, 3.8) is 0 Å². The second-order valence-electron chi connectivity index (χ2n) is 6.21. The van der Waals surface area contributed by atoms with Crippen molar-refractivity contribution in [1.29, 1.82) is 0 Å². The van der Waals surface area contributed by atoms with E-state index in [1.54, 1.807) is 20.3 Å². The molecule has 0 aliphatic carbocycles. The van der Waals surface area contributed by atoms with Gasteiger partial charge in [-0.1, -0.05) is 30.3 Å². The highest BCUT2D eigenvalue weighted by atomic mass is 16.5. The van der Waals surface area contributed by atoms with Gasteiger partial charge in [0.25, 0.3) is 0 Å². The van der Waals surface area contributed by atoms with Crippen molar-refractivity contribution in [2.75, 3.05) is 27.9 Å². The van der Waals surface area contributed by atoms with E-state index < -0.39 is 12.0 Å². The lowest BCUT2D eigenvalue weighted by molar-refractivity contribution is -0.142. The van der Waals surface area contributed by atoms with Gasteiger partial charge in [0.15, 0.2) is 0 Å². The summed E-state index contributed by atoms with van der Waals surface area (Å²) in [6.45, 7) is 4.55. The van der Waals surface area contributed by atoms with Crippen LogP contribution in [-0.4, -0.2) is 39.9 Å². The first-order chi connectivity index (χ1) is 13.5. The molecule has 28 heavy (non-hydrogen) atoms. The highest BCUT2D eigenvalue weighted by Crippen LogP contribution is 2.39. The van der Waals surface area contributed by atoms with Gasteiger partial charge in [-0.2, -0.15) is 0 Å². The first kappa shape index (κ1) is 21.5. The molecule has 0 radical (unpaired) electrons. The summed E-state index contributed by atoms with van der Waals surface area (Å²) in [6.07, 6.45) is 2.11. The molecule has 1 unspecified atom stereocenters. The monoisotopic (exact) mass is 385 g/mol. The summed E-state index contributed by atoms with van der Waals surface area (Å²) >= 11 is 0. The number of hydrogen-bond acceptors (Lipinski definition) is 6. The average molecular weight is 385 g/mol. The van der Waals surface area contributed by atoms with Crippen LogP contribution in [0.1, 0.15) is 11.1 Å². The number of esters is 1. The van der Waals surface area contributed by atoms with Crippen LogP contribution in [0.2, 0.25) is 0 Å². The Bertz CT molecular complexity index is 776. The summed E-state index contributed by atoms with van der Waals surface area (Å²) in [5.41, 5.74) is 9.50. The van der Waals surface area contributed by atoms with E-state index in [9.17, 15) is 4.79 Å². The minimum Gasteiger partial charge on any atom is -0.496 e. The van der Waals surface area contributed by atoms with E-state index in [0.717, 1.165) is 22.3 Å². The minimum atomic E-state index is -0.685. The van der Waals surface area contributed by atoms with Crippen LogP contribution in [-0.2, 0) is 27.3 Å². The molecule has 1 atom stereocenters. The van der Waals surface area contributed by atoms with Crippen molar-refractivity contribution < 1.29 is 23.7 Å². The average Bonchev–Trinajstić information content (AvgIpc) is 2.73. The third kappa shape index (κ3) is 5.34. The summed E-state index contributed by atoms with van der Waals surface area (Å²) < 4.78 is 21.4. The van der Waals surface area contributed by atoms with Crippen LogP contribution in [0.3, 0.4) is 0 Å². The van der Waals surface area contributed by atoms with Gasteiger partial charge in [0.2, 0.25) is 0 Å². The van der Waals surface area contributed by atoms with E-state index in [1.807, 2.05) is 36.4 Å². The van der Waals surface area contributed by atoms with Crippen molar-refractivity contribution in [3.8, 4) is 22.6 Å². The lowest BCUT2D eigenvalue weighted by atomic mass is 9.98. The third-order valence-corrected chi connectivity index (χ3v) is 4.27. The molecule has 0 spiro atoms. The number of nitrogens with two attached hydrogens (primary N) is 1. The smallest absolute Gasteiger partial charge is 0.322 e. The SMILES string of the molecule is C=CCOCc1cc(OC)c(-c2ccc(CC(N)C(=O)OC)cc2)c(OC)c1. The van der Waals surface area contributed by atoms with Gasteiger partial charge in [0.1, 0.15) is 17.5 Å². The lowest BCUT2D eigenvalue weighted by Gasteiger charge is -2.16. The van der Waals surface area contributed by atoms with Gasteiger partial charge in [-0.05, 0) is 35.2 Å². The van der Waals surface area contributed by atoms with Gasteiger partial charge in [-0.3, -0.25) is 4.79 Å². The Morgan fingerprint density at radius 3 is 2.18 bits per heavy atom. The maximum Gasteiger partial charge on any atom is 0.322 e.